The van der Waals surface area contributed by atoms with Crippen molar-refractivity contribution in [3.8, 4) is 23.0 Å². The zero-order valence-corrected chi connectivity index (χ0v) is 22.3. The molecule has 1 heterocycles. The minimum atomic E-state index is -0.793. The van der Waals surface area contributed by atoms with Crippen molar-refractivity contribution in [2.24, 2.45) is 0 Å². The van der Waals surface area contributed by atoms with Crippen LogP contribution in [0.4, 0.5) is 11.4 Å². The molecule has 1 saturated heterocycles. The Morgan fingerprint density at radius 1 is 0.950 bits per heavy atom. The number of rotatable bonds is 9. The van der Waals surface area contributed by atoms with Gasteiger partial charge in [-0.25, -0.2) is 0 Å². The van der Waals surface area contributed by atoms with Gasteiger partial charge >= 0.3 is 5.69 Å². The molecule has 1 aliphatic heterocycles. The SMILES string of the molecule is COc1ccc(C(=O)NN2C(=O)/C(=C\c3ccc(Oc4ccc([N+](=O)[O-])cc4[N+](=O)[O-])c(OC)c3)SC2=S)cc1. The highest BCUT2D eigenvalue weighted by atomic mass is 32.2. The number of benzene rings is 3. The van der Waals surface area contributed by atoms with Crippen molar-refractivity contribution in [2.45, 2.75) is 0 Å². The maximum absolute atomic E-state index is 13.0. The number of thioether (sulfide) groups is 1. The molecule has 2 amide bonds. The van der Waals surface area contributed by atoms with Crippen molar-refractivity contribution in [2.75, 3.05) is 14.2 Å². The van der Waals surface area contributed by atoms with E-state index in [2.05, 4.69) is 5.43 Å². The molecule has 4 rings (SSSR count). The van der Waals surface area contributed by atoms with Gasteiger partial charge < -0.3 is 14.2 Å². The van der Waals surface area contributed by atoms with Gasteiger partial charge in [-0.05, 0) is 66.3 Å². The standard InChI is InChI=1S/C25H18N4O9S2/c1-36-17-7-4-15(5-8-17)23(30)26-27-24(31)22(40-25(27)39)12-14-3-9-20(21(11-14)37-2)38-19-10-6-16(28(32)33)13-18(19)29(34)35/h3-13H,1-2H3,(H,26,30)/b22-12+. The van der Waals surface area contributed by atoms with Crippen LogP contribution < -0.4 is 19.6 Å². The summed E-state index contributed by atoms with van der Waals surface area (Å²) < 4.78 is 16.2. The Labute approximate surface area is 235 Å². The van der Waals surface area contributed by atoms with E-state index in [0.717, 1.165) is 35.0 Å². The van der Waals surface area contributed by atoms with Gasteiger partial charge in [-0.1, -0.05) is 17.8 Å². The molecule has 204 valence electrons. The minimum Gasteiger partial charge on any atom is -0.497 e. The summed E-state index contributed by atoms with van der Waals surface area (Å²) >= 11 is 6.25. The van der Waals surface area contributed by atoms with Gasteiger partial charge in [-0.15, -0.1) is 0 Å². The molecular weight excluding hydrogens is 564 g/mol. The Morgan fingerprint density at radius 2 is 1.65 bits per heavy atom. The number of nitrogens with zero attached hydrogens (tertiary/aromatic N) is 3. The van der Waals surface area contributed by atoms with Gasteiger partial charge in [0.2, 0.25) is 5.75 Å². The number of hydrogen-bond donors (Lipinski definition) is 1. The zero-order chi connectivity index (χ0) is 29.0. The highest BCUT2D eigenvalue weighted by Gasteiger charge is 2.34. The van der Waals surface area contributed by atoms with E-state index in [-0.39, 0.29) is 26.5 Å². The Morgan fingerprint density at radius 3 is 2.27 bits per heavy atom. The molecular formula is C25H18N4O9S2. The fourth-order valence-electron chi connectivity index (χ4n) is 3.45. The lowest BCUT2D eigenvalue weighted by atomic mass is 10.2. The van der Waals surface area contributed by atoms with Crippen molar-refractivity contribution in [3.05, 3.63) is 96.9 Å². The van der Waals surface area contributed by atoms with Crippen LogP contribution in [0.25, 0.3) is 6.08 Å². The smallest absolute Gasteiger partial charge is 0.318 e. The van der Waals surface area contributed by atoms with E-state index < -0.39 is 33.0 Å². The first-order valence-electron chi connectivity index (χ1n) is 11.1. The third kappa shape index (κ3) is 6.00. The lowest BCUT2D eigenvalue weighted by Crippen LogP contribution is -2.44. The lowest BCUT2D eigenvalue weighted by Gasteiger charge is -2.15. The second kappa shape index (κ2) is 11.8. The number of thiocarbonyl (C=S) groups is 1. The van der Waals surface area contributed by atoms with Gasteiger partial charge in [0.25, 0.3) is 17.5 Å². The molecule has 1 fully saturated rings. The van der Waals surface area contributed by atoms with E-state index in [9.17, 15) is 29.8 Å². The van der Waals surface area contributed by atoms with Crippen molar-refractivity contribution in [3.63, 3.8) is 0 Å². The topological polar surface area (TPSA) is 163 Å². The molecule has 0 saturated carbocycles. The molecule has 0 unspecified atom stereocenters. The molecule has 0 aliphatic carbocycles. The second-order valence-corrected chi connectivity index (χ2v) is 9.54. The van der Waals surface area contributed by atoms with Crippen molar-refractivity contribution in [1.82, 2.24) is 10.4 Å². The van der Waals surface area contributed by atoms with Crippen molar-refractivity contribution >= 4 is 57.6 Å². The number of nitro benzene ring substituents is 2. The van der Waals surface area contributed by atoms with Crippen LogP contribution in [-0.4, -0.2) is 45.2 Å². The monoisotopic (exact) mass is 582 g/mol. The van der Waals surface area contributed by atoms with Gasteiger partial charge in [-0.2, -0.15) is 5.01 Å². The normalized spacial score (nSPS) is 13.8. The maximum Gasteiger partial charge on any atom is 0.318 e. The Hall–Kier alpha value is -5.02. The first-order valence-corrected chi connectivity index (χ1v) is 12.4. The number of nitro groups is 2. The van der Waals surface area contributed by atoms with Crippen LogP contribution in [-0.2, 0) is 4.79 Å². The van der Waals surface area contributed by atoms with E-state index in [1.54, 1.807) is 30.3 Å². The summed E-state index contributed by atoms with van der Waals surface area (Å²) in [5.74, 6) is -0.472. The number of hydrogen-bond acceptors (Lipinski definition) is 11. The molecule has 15 heteroatoms. The number of nitrogens with one attached hydrogen (secondary N) is 1. The molecule has 3 aromatic rings. The number of hydrazine groups is 1. The summed E-state index contributed by atoms with van der Waals surface area (Å²) in [4.78, 5) is 46.7. The third-order valence-corrected chi connectivity index (χ3v) is 6.72. The molecule has 0 aromatic heterocycles. The predicted molar refractivity (Wildman–Crippen MR) is 148 cm³/mol. The van der Waals surface area contributed by atoms with E-state index in [1.807, 2.05) is 0 Å². The fourth-order valence-corrected chi connectivity index (χ4v) is 4.63. The summed E-state index contributed by atoms with van der Waals surface area (Å²) in [6, 6.07) is 13.9. The number of amides is 2. The number of ether oxygens (including phenoxy) is 3. The van der Waals surface area contributed by atoms with Gasteiger partial charge in [0.15, 0.2) is 15.8 Å². The summed E-state index contributed by atoms with van der Waals surface area (Å²) in [6.07, 6.45) is 1.53. The summed E-state index contributed by atoms with van der Waals surface area (Å²) in [6.45, 7) is 0. The Bertz CT molecular complexity index is 1570. The van der Waals surface area contributed by atoms with Gasteiger partial charge in [0.05, 0.1) is 35.0 Å². The van der Waals surface area contributed by atoms with E-state index in [4.69, 9.17) is 26.4 Å². The molecule has 3 aromatic carbocycles. The average Bonchev–Trinajstić information content (AvgIpc) is 3.20. The largest absolute Gasteiger partial charge is 0.497 e. The molecule has 0 spiro atoms. The van der Waals surface area contributed by atoms with Crippen LogP contribution in [0.15, 0.2) is 65.6 Å². The van der Waals surface area contributed by atoms with Crippen LogP contribution in [0.2, 0.25) is 0 Å². The minimum absolute atomic E-state index is 0.0934. The predicted octanol–water partition coefficient (Wildman–Crippen LogP) is 4.86. The van der Waals surface area contributed by atoms with E-state index >= 15 is 0 Å². The molecule has 0 bridgehead atoms. The summed E-state index contributed by atoms with van der Waals surface area (Å²) in [5.41, 5.74) is 2.24. The van der Waals surface area contributed by atoms with Crippen LogP contribution in [0, 0.1) is 20.2 Å². The molecule has 0 radical (unpaired) electrons. The van der Waals surface area contributed by atoms with Crippen LogP contribution in [0.3, 0.4) is 0 Å². The fraction of sp³-hybridized carbons (Fsp3) is 0.0800. The molecule has 40 heavy (non-hydrogen) atoms. The zero-order valence-electron chi connectivity index (χ0n) is 20.7. The summed E-state index contributed by atoms with van der Waals surface area (Å²) in [5, 5.41) is 23.4. The van der Waals surface area contributed by atoms with E-state index in [1.165, 1.54) is 32.4 Å². The van der Waals surface area contributed by atoms with Crippen LogP contribution >= 0.6 is 24.0 Å². The number of methoxy groups -OCH3 is 2. The van der Waals surface area contributed by atoms with Gasteiger partial charge in [0.1, 0.15) is 5.75 Å². The quantitative estimate of drug-likeness (QED) is 0.159. The van der Waals surface area contributed by atoms with Crippen molar-refractivity contribution < 1.29 is 33.6 Å². The highest BCUT2D eigenvalue weighted by Crippen LogP contribution is 2.39. The Balaban J connectivity index is 1.53. The van der Waals surface area contributed by atoms with Crippen molar-refractivity contribution in [1.29, 1.82) is 0 Å². The summed E-state index contributed by atoms with van der Waals surface area (Å²) in [7, 11) is 2.85. The lowest BCUT2D eigenvalue weighted by molar-refractivity contribution is -0.394. The number of non-ortho nitro benzene ring substituents is 1. The van der Waals surface area contributed by atoms with Gasteiger partial charge in [0, 0.05) is 11.6 Å². The van der Waals surface area contributed by atoms with Gasteiger partial charge in [-0.3, -0.25) is 35.2 Å². The number of carbonyl (C=O) groups excluding carboxylic acids is 2. The average molecular weight is 583 g/mol. The Kier molecular flexibility index (Phi) is 8.26. The molecule has 1 aliphatic rings. The molecule has 1 N–H and O–H groups in total. The number of carbonyl (C=O) groups is 2. The van der Waals surface area contributed by atoms with Crippen LogP contribution in [0.5, 0.6) is 23.0 Å². The first kappa shape index (κ1) is 28.0. The van der Waals surface area contributed by atoms with E-state index in [0.29, 0.717) is 16.9 Å². The third-order valence-electron chi connectivity index (χ3n) is 5.41. The first-order chi connectivity index (χ1) is 19.1. The maximum atomic E-state index is 13.0. The van der Waals surface area contributed by atoms with Crippen LogP contribution in [0.1, 0.15) is 15.9 Å². The highest BCUT2D eigenvalue weighted by molar-refractivity contribution is 8.26. The molecule has 13 nitrogen and oxygen atoms in total. The second-order valence-electron chi connectivity index (χ2n) is 7.87. The molecule has 0 atom stereocenters.